The van der Waals surface area contributed by atoms with Crippen LogP contribution >= 0.6 is 0 Å². The zero-order valence-electron chi connectivity index (χ0n) is 14.7. The van der Waals surface area contributed by atoms with Crippen LogP contribution in [0, 0.1) is 5.41 Å². The topological polar surface area (TPSA) is 82.9 Å². The fraction of sp³-hybridized carbons (Fsp3) is 0.588. The Balaban J connectivity index is 1.86. The fourth-order valence-corrected chi connectivity index (χ4v) is 2.62. The molecule has 1 atom stereocenters. The third kappa shape index (κ3) is 4.15. The van der Waals surface area contributed by atoms with Gasteiger partial charge >= 0.3 is 0 Å². The number of carbonyl (C=O) groups is 3. The van der Waals surface area contributed by atoms with Crippen LogP contribution in [0.1, 0.15) is 38.2 Å². The maximum Gasteiger partial charge on any atom is 0.287 e. The minimum absolute atomic E-state index is 0.0915. The van der Waals surface area contributed by atoms with E-state index in [4.69, 9.17) is 4.42 Å². The molecule has 1 fully saturated rings. The van der Waals surface area contributed by atoms with Crippen LogP contribution in [0.15, 0.2) is 22.8 Å². The summed E-state index contributed by atoms with van der Waals surface area (Å²) < 4.78 is 5.01. The van der Waals surface area contributed by atoms with Gasteiger partial charge in [-0.2, -0.15) is 0 Å². The maximum atomic E-state index is 12.5. The van der Waals surface area contributed by atoms with Crippen molar-refractivity contribution in [3.05, 3.63) is 24.2 Å². The largest absolute Gasteiger partial charge is 0.459 e. The molecule has 132 valence electrons. The highest BCUT2D eigenvalue weighted by atomic mass is 16.3. The zero-order chi connectivity index (χ0) is 17.9. The molecule has 1 aliphatic rings. The van der Waals surface area contributed by atoms with E-state index in [2.05, 4.69) is 5.32 Å². The van der Waals surface area contributed by atoms with Gasteiger partial charge in [-0.15, -0.1) is 0 Å². The van der Waals surface area contributed by atoms with E-state index in [0.717, 1.165) is 0 Å². The highest BCUT2D eigenvalue weighted by Gasteiger charge is 2.32. The van der Waals surface area contributed by atoms with Crippen molar-refractivity contribution in [3.8, 4) is 0 Å². The third-order valence-corrected chi connectivity index (χ3v) is 3.98. The van der Waals surface area contributed by atoms with Crippen LogP contribution in [-0.2, 0) is 9.59 Å². The molecule has 1 saturated heterocycles. The lowest BCUT2D eigenvalue weighted by atomic mass is 9.94. The van der Waals surface area contributed by atoms with Gasteiger partial charge in [-0.3, -0.25) is 14.4 Å². The highest BCUT2D eigenvalue weighted by Crippen LogP contribution is 2.18. The van der Waals surface area contributed by atoms with E-state index in [0.29, 0.717) is 26.2 Å². The number of carbonyl (C=O) groups excluding carboxylic acids is 3. The lowest BCUT2D eigenvalue weighted by Gasteiger charge is -2.38. The molecular formula is C17H25N3O4. The number of nitrogens with zero attached hydrogens (tertiary/aromatic N) is 2. The van der Waals surface area contributed by atoms with E-state index in [-0.39, 0.29) is 17.6 Å². The smallest absolute Gasteiger partial charge is 0.287 e. The van der Waals surface area contributed by atoms with Crippen LogP contribution in [0.25, 0.3) is 0 Å². The van der Waals surface area contributed by atoms with Gasteiger partial charge in [0.25, 0.3) is 5.91 Å². The summed E-state index contributed by atoms with van der Waals surface area (Å²) in [4.78, 5) is 40.1. The van der Waals surface area contributed by atoms with Gasteiger partial charge in [-0.1, -0.05) is 20.8 Å². The SMILES string of the molecule is CC(NC(=O)c1ccco1)C(=O)N1CCN(C(=O)C(C)(C)C)CC1. The van der Waals surface area contributed by atoms with Gasteiger partial charge in [0.1, 0.15) is 6.04 Å². The third-order valence-electron chi connectivity index (χ3n) is 3.98. The predicted octanol–water partition coefficient (Wildman–Crippen LogP) is 1.11. The van der Waals surface area contributed by atoms with E-state index in [1.165, 1.54) is 6.26 Å². The standard InChI is InChI=1S/C17H25N3O4/c1-12(18-14(21)13-6-5-11-24-13)15(22)19-7-9-20(10-8-19)16(23)17(2,3)4/h5-6,11-12H,7-10H2,1-4H3,(H,18,21). The molecule has 24 heavy (non-hydrogen) atoms. The summed E-state index contributed by atoms with van der Waals surface area (Å²) in [7, 11) is 0. The molecule has 1 aliphatic heterocycles. The molecule has 0 spiro atoms. The molecule has 0 radical (unpaired) electrons. The van der Waals surface area contributed by atoms with Gasteiger partial charge < -0.3 is 19.5 Å². The molecule has 1 N–H and O–H groups in total. The summed E-state index contributed by atoms with van der Waals surface area (Å²) in [6, 6.07) is 2.52. The Morgan fingerprint density at radius 1 is 1.12 bits per heavy atom. The number of nitrogens with one attached hydrogen (secondary N) is 1. The second-order valence-corrected chi connectivity index (χ2v) is 7.04. The van der Waals surface area contributed by atoms with Crippen LogP contribution in [-0.4, -0.2) is 59.7 Å². The average Bonchev–Trinajstić information content (AvgIpc) is 3.07. The Morgan fingerprint density at radius 2 is 1.71 bits per heavy atom. The van der Waals surface area contributed by atoms with Crippen LogP contribution in [0.4, 0.5) is 0 Å². The van der Waals surface area contributed by atoms with Gasteiger partial charge in [0.2, 0.25) is 11.8 Å². The minimum Gasteiger partial charge on any atom is -0.459 e. The Labute approximate surface area is 142 Å². The number of piperazine rings is 1. The van der Waals surface area contributed by atoms with Crippen molar-refractivity contribution in [2.24, 2.45) is 5.41 Å². The van der Waals surface area contributed by atoms with E-state index < -0.39 is 17.4 Å². The van der Waals surface area contributed by atoms with Gasteiger partial charge in [0.15, 0.2) is 5.76 Å². The molecule has 1 aromatic heterocycles. The summed E-state index contributed by atoms with van der Waals surface area (Å²) in [6.45, 7) is 9.29. The molecule has 0 aromatic carbocycles. The van der Waals surface area contributed by atoms with Crippen molar-refractivity contribution in [3.63, 3.8) is 0 Å². The van der Waals surface area contributed by atoms with E-state index in [1.54, 1.807) is 28.9 Å². The van der Waals surface area contributed by atoms with Crippen LogP contribution < -0.4 is 5.32 Å². The molecule has 1 aromatic rings. The zero-order valence-corrected chi connectivity index (χ0v) is 14.7. The summed E-state index contributed by atoms with van der Waals surface area (Å²) in [5, 5.41) is 2.63. The summed E-state index contributed by atoms with van der Waals surface area (Å²) in [6.07, 6.45) is 1.41. The Bertz CT molecular complexity index is 596. The van der Waals surface area contributed by atoms with E-state index >= 15 is 0 Å². The molecule has 3 amide bonds. The van der Waals surface area contributed by atoms with Crippen molar-refractivity contribution in [1.82, 2.24) is 15.1 Å². The highest BCUT2D eigenvalue weighted by molar-refractivity contribution is 5.95. The predicted molar refractivity (Wildman–Crippen MR) is 88.3 cm³/mol. The van der Waals surface area contributed by atoms with E-state index in [9.17, 15) is 14.4 Å². The molecule has 0 saturated carbocycles. The van der Waals surface area contributed by atoms with Crippen molar-refractivity contribution >= 4 is 17.7 Å². The second kappa shape index (κ2) is 7.07. The number of hydrogen-bond donors (Lipinski definition) is 1. The average molecular weight is 335 g/mol. The Morgan fingerprint density at radius 3 is 2.21 bits per heavy atom. The molecule has 0 bridgehead atoms. The molecule has 0 aliphatic carbocycles. The molecule has 7 nitrogen and oxygen atoms in total. The molecule has 2 rings (SSSR count). The molecular weight excluding hydrogens is 310 g/mol. The van der Waals surface area contributed by atoms with Crippen molar-refractivity contribution < 1.29 is 18.8 Å². The van der Waals surface area contributed by atoms with Crippen molar-refractivity contribution in [1.29, 1.82) is 0 Å². The summed E-state index contributed by atoms with van der Waals surface area (Å²) in [5.41, 5.74) is -0.420. The fourth-order valence-electron chi connectivity index (χ4n) is 2.62. The quantitative estimate of drug-likeness (QED) is 0.897. The lowest BCUT2D eigenvalue weighted by Crippen LogP contribution is -2.56. The van der Waals surface area contributed by atoms with Crippen molar-refractivity contribution in [2.75, 3.05) is 26.2 Å². The number of hydrogen-bond acceptors (Lipinski definition) is 4. The second-order valence-electron chi connectivity index (χ2n) is 7.04. The number of rotatable bonds is 3. The van der Waals surface area contributed by atoms with Gasteiger partial charge in [0, 0.05) is 31.6 Å². The monoisotopic (exact) mass is 335 g/mol. The molecule has 1 unspecified atom stereocenters. The van der Waals surface area contributed by atoms with Crippen LogP contribution in [0.5, 0.6) is 0 Å². The first kappa shape index (κ1) is 18.0. The van der Waals surface area contributed by atoms with Gasteiger partial charge in [0.05, 0.1) is 6.26 Å². The Kier molecular flexibility index (Phi) is 5.31. The van der Waals surface area contributed by atoms with Gasteiger partial charge in [-0.05, 0) is 19.1 Å². The minimum atomic E-state index is -0.646. The number of furan rings is 1. The van der Waals surface area contributed by atoms with Gasteiger partial charge in [-0.25, -0.2) is 0 Å². The van der Waals surface area contributed by atoms with Crippen LogP contribution in [0.3, 0.4) is 0 Å². The molecule has 7 heteroatoms. The Hall–Kier alpha value is -2.31. The van der Waals surface area contributed by atoms with E-state index in [1.807, 2.05) is 20.8 Å². The first-order chi connectivity index (χ1) is 11.2. The lowest BCUT2D eigenvalue weighted by molar-refractivity contribution is -0.145. The summed E-state index contributed by atoms with van der Waals surface area (Å²) >= 11 is 0. The van der Waals surface area contributed by atoms with Crippen LogP contribution in [0.2, 0.25) is 0 Å². The maximum absolute atomic E-state index is 12.5. The molecule has 2 heterocycles. The normalized spacial score (nSPS) is 16.7. The first-order valence-electron chi connectivity index (χ1n) is 8.12. The first-order valence-corrected chi connectivity index (χ1v) is 8.12. The number of amides is 3. The summed E-state index contributed by atoms with van der Waals surface area (Å²) in [5.74, 6) is -0.302. The van der Waals surface area contributed by atoms with Crippen molar-refractivity contribution in [2.45, 2.75) is 33.7 Å².